The molecule has 0 saturated carbocycles. The fraction of sp³-hybridized carbons (Fsp3) is 0.143. The van der Waals surface area contributed by atoms with Gasteiger partial charge in [-0.2, -0.15) is 0 Å². The number of carbonyl (C=O) groups is 1. The lowest BCUT2D eigenvalue weighted by Gasteiger charge is -2.18. The van der Waals surface area contributed by atoms with Gasteiger partial charge in [-0.05, 0) is 62.2 Å². The fourth-order valence-corrected chi connectivity index (χ4v) is 3.03. The number of nitrogen functional groups attached to an aromatic ring is 1. The maximum Gasteiger partial charge on any atom is 0.265 e. The van der Waals surface area contributed by atoms with Gasteiger partial charge in [0.25, 0.3) is 5.56 Å². The zero-order chi connectivity index (χ0) is 15.6. The maximum atomic E-state index is 12.3. The molecule has 2 rings (SSSR count). The number of benzene rings is 1. The monoisotopic (exact) mass is 413 g/mol. The van der Waals surface area contributed by atoms with Crippen LogP contribution in [0.5, 0.6) is 0 Å². The van der Waals surface area contributed by atoms with Crippen LogP contribution in [0.1, 0.15) is 0 Å². The molecule has 0 aliphatic rings. The van der Waals surface area contributed by atoms with Crippen molar-refractivity contribution in [3.05, 3.63) is 55.8 Å². The van der Waals surface area contributed by atoms with Gasteiger partial charge in [0.1, 0.15) is 6.54 Å². The molecular weight excluding hydrogens is 402 g/mol. The lowest BCUT2D eigenvalue weighted by molar-refractivity contribution is -0.118. The van der Waals surface area contributed by atoms with Crippen LogP contribution in [-0.4, -0.2) is 17.5 Å². The normalized spacial score (nSPS) is 10.4. The number of pyridine rings is 1. The first-order valence-electron chi connectivity index (χ1n) is 6.06. The highest BCUT2D eigenvalue weighted by Gasteiger charge is 2.13. The number of anilines is 2. The van der Waals surface area contributed by atoms with Crippen LogP contribution in [-0.2, 0) is 11.3 Å². The summed E-state index contributed by atoms with van der Waals surface area (Å²) in [5.74, 6) is -0.202. The minimum atomic E-state index is -0.253. The Bertz CT molecular complexity index is 726. The van der Waals surface area contributed by atoms with Crippen LogP contribution in [0, 0.1) is 0 Å². The minimum absolute atomic E-state index is 0.0439. The van der Waals surface area contributed by atoms with Crippen molar-refractivity contribution in [1.29, 1.82) is 0 Å². The van der Waals surface area contributed by atoms with E-state index in [1.807, 2.05) is 0 Å². The Kier molecular flexibility index (Phi) is 4.84. The predicted molar refractivity (Wildman–Crippen MR) is 90.4 cm³/mol. The maximum absolute atomic E-state index is 12.3. The first-order valence-corrected chi connectivity index (χ1v) is 7.64. The Morgan fingerprint density at radius 3 is 2.52 bits per heavy atom. The van der Waals surface area contributed by atoms with Crippen molar-refractivity contribution in [1.82, 2.24) is 4.57 Å². The molecule has 0 aliphatic heterocycles. The molecule has 5 nitrogen and oxygen atoms in total. The van der Waals surface area contributed by atoms with Gasteiger partial charge in [-0.25, -0.2) is 0 Å². The van der Waals surface area contributed by atoms with E-state index in [1.165, 1.54) is 9.47 Å². The Morgan fingerprint density at radius 2 is 1.90 bits per heavy atom. The second kappa shape index (κ2) is 6.44. The molecule has 0 aliphatic carbocycles. The van der Waals surface area contributed by atoms with Gasteiger partial charge in [0.05, 0.1) is 4.47 Å². The van der Waals surface area contributed by atoms with Gasteiger partial charge in [0.2, 0.25) is 5.91 Å². The van der Waals surface area contributed by atoms with E-state index >= 15 is 0 Å². The van der Waals surface area contributed by atoms with Crippen molar-refractivity contribution in [2.24, 2.45) is 0 Å². The Morgan fingerprint density at radius 1 is 1.29 bits per heavy atom. The summed E-state index contributed by atoms with van der Waals surface area (Å²) in [7, 11) is 1.66. The largest absolute Gasteiger partial charge is 0.399 e. The van der Waals surface area contributed by atoms with Crippen molar-refractivity contribution >= 4 is 49.1 Å². The summed E-state index contributed by atoms with van der Waals surface area (Å²) in [4.78, 5) is 25.7. The molecule has 1 heterocycles. The summed E-state index contributed by atoms with van der Waals surface area (Å²) in [5.41, 5.74) is 6.72. The van der Waals surface area contributed by atoms with Crippen molar-refractivity contribution < 1.29 is 4.79 Å². The van der Waals surface area contributed by atoms with Crippen LogP contribution in [0.2, 0.25) is 0 Å². The number of halogens is 2. The van der Waals surface area contributed by atoms with E-state index in [2.05, 4.69) is 31.9 Å². The van der Waals surface area contributed by atoms with Crippen molar-refractivity contribution in [3.63, 3.8) is 0 Å². The third-order valence-electron chi connectivity index (χ3n) is 2.97. The molecule has 0 atom stereocenters. The molecule has 0 radical (unpaired) electrons. The first kappa shape index (κ1) is 15.8. The van der Waals surface area contributed by atoms with Crippen LogP contribution in [0.3, 0.4) is 0 Å². The van der Waals surface area contributed by atoms with E-state index in [9.17, 15) is 9.59 Å². The molecular formula is C14H13Br2N3O2. The average molecular weight is 415 g/mol. The van der Waals surface area contributed by atoms with Gasteiger partial charge in [-0.1, -0.05) is 0 Å². The Labute approximate surface area is 138 Å². The summed E-state index contributed by atoms with van der Waals surface area (Å²) in [6.07, 6.45) is 1.59. The summed E-state index contributed by atoms with van der Waals surface area (Å²) < 4.78 is 2.47. The van der Waals surface area contributed by atoms with E-state index in [0.29, 0.717) is 10.2 Å². The van der Waals surface area contributed by atoms with Gasteiger partial charge < -0.3 is 15.2 Å². The van der Waals surface area contributed by atoms with Crippen molar-refractivity contribution in [2.75, 3.05) is 17.7 Å². The Balaban J connectivity index is 2.22. The molecule has 1 aromatic carbocycles. The number of likely N-dealkylation sites (N-methyl/N-ethyl adjacent to an activating group) is 1. The number of nitrogens with zero attached hydrogens (tertiary/aromatic N) is 2. The summed E-state index contributed by atoms with van der Waals surface area (Å²) in [5, 5.41) is 0. The van der Waals surface area contributed by atoms with Crippen LogP contribution in [0.25, 0.3) is 0 Å². The molecule has 7 heteroatoms. The third kappa shape index (κ3) is 3.74. The van der Waals surface area contributed by atoms with Crippen LogP contribution >= 0.6 is 31.9 Å². The molecule has 0 spiro atoms. The van der Waals surface area contributed by atoms with Crippen LogP contribution in [0.4, 0.5) is 11.4 Å². The molecule has 0 bridgehead atoms. The van der Waals surface area contributed by atoms with Crippen molar-refractivity contribution in [3.8, 4) is 0 Å². The molecule has 110 valence electrons. The van der Waals surface area contributed by atoms with E-state index in [-0.39, 0.29) is 18.0 Å². The molecule has 1 amide bonds. The summed E-state index contributed by atoms with van der Waals surface area (Å²) in [6.45, 7) is -0.0439. The number of hydrogen-bond acceptors (Lipinski definition) is 3. The van der Waals surface area contributed by atoms with E-state index < -0.39 is 0 Å². The minimum Gasteiger partial charge on any atom is -0.399 e. The molecule has 0 fully saturated rings. The van der Waals surface area contributed by atoms with E-state index in [1.54, 1.807) is 43.6 Å². The standard InChI is InChI=1S/C14H13Br2N3O2/c1-18(11-4-2-10(17)3-5-11)13(20)8-19-7-9(15)6-12(16)14(19)21/h2-7H,8,17H2,1H3. The van der Waals surface area contributed by atoms with E-state index in [4.69, 9.17) is 5.73 Å². The molecule has 0 unspecified atom stereocenters. The fourth-order valence-electron chi connectivity index (χ4n) is 1.78. The number of carbonyl (C=O) groups excluding carboxylic acids is 1. The van der Waals surface area contributed by atoms with Crippen LogP contribution in [0.15, 0.2) is 50.3 Å². The zero-order valence-electron chi connectivity index (χ0n) is 11.2. The number of amides is 1. The summed E-state index contributed by atoms with van der Waals surface area (Å²) >= 11 is 6.47. The van der Waals surface area contributed by atoms with Gasteiger partial charge >= 0.3 is 0 Å². The highest BCUT2D eigenvalue weighted by molar-refractivity contribution is 9.11. The Hall–Kier alpha value is -1.60. The SMILES string of the molecule is CN(C(=O)Cn1cc(Br)cc(Br)c1=O)c1ccc(N)cc1. The highest BCUT2D eigenvalue weighted by atomic mass is 79.9. The lowest BCUT2D eigenvalue weighted by atomic mass is 10.2. The van der Waals surface area contributed by atoms with Gasteiger partial charge in [0.15, 0.2) is 0 Å². The number of hydrogen-bond donors (Lipinski definition) is 1. The smallest absolute Gasteiger partial charge is 0.265 e. The molecule has 0 saturated heterocycles. The van der Waals surface area contributed by atoms with Gasteiger partial charge in [-0.15, -0.1) is 0 Å². The molecule has 2 aromatic rings. The first-order chi connectivity index (χ1) is 9.88. The lowest BCUT2D eigenvalue weighted by Crippen LogP contribution is -2.33. The second-order valence-corrected chi connectivity index (χ2v) is 6.25. The quantitative estimate of drug-likeness (QED) is 0.785. The second-order valence-electron chi connectivity index (χ2n) is 4.48. The third-order valence-corrected chi connectivity index (χ3v) is 3.97. The van der Waals surface area contributed by atoms with Crippen LogP contribution < -0.4 is 16.2 Å². The molecule has 1 aromatic heterocycles. The summed E-state index contributed by atoms with van der Waals surface area (Å²) in [6, 6.07) is 8.61. The molecule has 2 N–H and O–H groups in total. The number of nitrogens with two attached hydrogens (primary N) is 1. The topological polar surface area (TPSA) is 68.3 Å². The van der Waals surface area contributed by atoms with Crippen molar-refractivity contribution in [2.45, 2.75) is 6.54 Å². The van der Waals surface area contributed by atoms with E-state index in [0.717, 1.165) is 10.2 Å². The van der Waals surface area contributed by atoms with Gasteiger partial charge in [-0.3, -0.25) is 9.59 Å². The average Bonchev–Trinajstić information content (AvgIpc) is 2.44. The van der Waals surface area contributed by atoms with Gasteiger partial charge in [0, 0.05) is 29.1 Å². The predicted octanol–water partition coefficient (Wildman–Crippen LogP) is 2.62. The highest BCUT2D eigenvalue weighted by Crippen LogP contribution is 2.16. The zero-order valence-corrected chi connectivity index (χ0v) is 14.4. The molecule has 21 heavy (non-hydrogen) atoms. The number of rotatable bonds is 3. The number of aromatic nitrogens is 1.